The van der Waals surface area contributed by atoms with E-state index in [0.29, 0.717) is 47.8 Å². The number of nitrogens with one attached hydrogen (secondary N) is 4. The third-order valence-electron chi connectivity index (χ3n) is 12.5. The summed E-state index contributed by atoms with van der Waals surface area (Å²) in [4.78, 5) is 61.9. The molecule has 3 aliphatic heterocycles. The number of hydrogen-bond donors (Lipinski definition) is 4. The van der Waals surface area contributed by atoms with E-state index in [4.69, 9.17) is 4.74 Å². The molecule has 64 heavy (non-hydrogen) atoms. The molecular weight excluding hydrogens is 847 g/mol. The molecule has 336 valence electrons. The van der Waals surface area contributed by atoms with Crippen molar-refractivity contribution in [2.24, 2.45) is 0 Å². The van der Waals surface area contributed by atoms with Crippen molar-refractivity contribution in [1.29, 1.82) is 0 Å². The van der Waals surface area contributed by atoms with Crippen LogP contribution in [0.1, 0.15) is 72.9 Å². The van der Waals surface area contributed by atoms with E-state index in [1.807, 2.05) is 53.4 Å². The number of aromatic amines is 1. The largest absolute Gasteiger partial charge is 0.481 e. The molecule has 1 atom stereocenters. The number of aromatic nitrogens is 2. The van der Waals surface area contributed by atoms with Gasteiger partial charge in [-0.1, -0.05) is 31.2 Å². The molecule has 1 unspecified atom stereocenters. The van der Waals surface area contributed by atoms with Gasteiger partial charge < -0.3 is 24.8 Å². The van der Waals surface area contributed by atoms with Crippen LogP contribution in [0.2, 0.25) is 0 Å². The van der Waals surface area contributed by atoms with Gasteiger partial charge in [0.05, 0.1) is 17.8 Å². The first-order chi connectivity index (χ1) is 30.8. The standard InChI is InChI=1S/C46H50F2N8O7S/c1-3-54(2)64(61,62)53-38-13-12-37(47)42(43(38)48)44(59)36-26-51-45-35(36)24-31(25-50-45)29-4-8-33(9-5-29)55-22-18-32(19-23-55)49-27-41(58)56-20-16-30(17-21-56)28-6-10-34(11-7-28)63-39-14-15-40(57)52-46(39)60/h4-13,24-26,30,32,39,49,53H,3,14-23,27H2,1-2H3,(H,50,51)(H,52,57,60). The highest BCUT2D eigenvalue weighted by Crippen LogP contribution is 2.33. The van der Waals surface area contributed by atoms with Crippen molar-refractivity contribution in [1.82, 2.24) is 29.8 Å². The molecule has 15 nitrogen and oxygen atoms in total. The van der Waals surface area contributed by atoms with Crippen molar-refractivity contribution in [2.45, 2.75) is 63.5 Å². The Hall–Kier alpha value is -6.24. The Morgan fingerprint density at radius 2 is 1.64 bits per heavy atom. The van der Waals surface area contributed by atoms with Crippen LogP contribution >= 0.6 is 0 Å². The maximum absolute atomic E-state index is 15.6. The van der Waals surface area contributed by atoms with Crippen LogP contribution in [0.4, 0.5) is 20.2 Å². The molecule has 3 amide bonds. The number of rotatable bonds is 14. The number of pyridine rings is 1. The number of H-pyrrole nitrogens is 1. The Morgan fingerprint density at radius 1 is 0.922 bits per heavy atom. The number of halogens is 2. The van der Waals surface area contributed by atoms with Crippen LogP contribution in [0.25, 0.3) is 22.2 Å². The van der Waals surface area contributed by atoms with E-state index in [1.54, 1.807) is 19.2 Å². The Balaban J connectivity index is 0.812. The lowest BCUT2D eigenvalue weighted by atomic mass is 9.89. The molecule has 0 bridgehead atoms. The summed E-state index contributed by atoms with van der Waals surface area (Å²) in [6.45, 7) is 4.98. The lowest BCUT2D eigenvalue weighted by molar-refractivity contribution is -0.139. The van der Waals surface area contributed by atoms with Crippen molar-refractivity contribution < 1.29 is 41.1 Å². The van der Waals surface area contributed by atoms with E-state index < -0.39 is 50.9 Å². The zero-order valence-corrected chi connectivity index (χ0v) is 36.4. The summed E-state index contributed by atoms with van der Waals surface area (Å²) in [6.07, 6.45) is 6.39. The van der Waals surface area contributed by atoms with Gasteiger partial charge >= 0.3 is 10.2 Å². The molecule has 8 rings (SSSR count). The van der Waals surface area contributed by atoms with E-state index in [1.165, 1.54) is 18.8 Å². The third kappa shape index (κ3) is 9.63. The van der Waals surface area contributed by atoms with Gasteiger partial charge in [-0.25, -0.2) is 13.8 Å². The molecule has 3 aliphatic rings. The first-order valence-corrected chi connectivity index (χ1v) is 22.9. The fraction of sp³-hybridized carbons (Fsp3) is 0.370. The fourth-order valence-corrected chi connectivity index (χ4v) is 9.42. The molecular formula is C46H50F2N8O7S. The van der Waals surface area contributed by atoms with Gasteiger partial charge in [-0.15, -0.1) is 0 Å². The van der Waals surface area contributed by atoms with Gasteiger partial charge in [0.25, 0.3) is 5.91 Å². The quantitative estimate of drug-likeness (QED) is 0.0820. The number of piperidine rings is 3. The molecule has 0 aliphatic carbocycles. The summed E-state index contributed by atoms with van der Waals surface area (Å²) in [7, 11) is -2.84. The van der Waals surface area contributed by atoms with Crippen LogP contribution in [0.15, 0.2) is 79.1 Å². The fourth-order valence-electron chi connectivity index (χ4n) is 8.49. The van der Waals surface area contributed by atoms with Crippen molar-refractivity contribution in [3.63, 3.8) is 0 Å². The smallest absolute Gasteiger partial charge is 0.301 e. The molecule has 2 aromatic heterocycles. The molecule has 3 saturated heterocycles. The number of hydrogen-bond acceptors (Lipinski definition) is 10. The number of nitrogens with zero attached hydrogens (tertiary/aromatic N) is 4. The number of fused-ring (bicyclic) bond motifs is 1. The van der Waals surface area contributed by atoms with Crippen molar-refractivity contribution >= 4 is 56.1 Å². The lowest BCUT2D eigenvalue weighted by Crippen LogP contribution is -2.48. The van der Waals surface area contributed by atoms with Crippen LogP contribution in [0.5, 0.6) is 5.75 Å². The molecule has 4 N–H and O–H groups in total. The summed E-state index contributed by atoms with van der Waals surface area (Å²) in [5.74, 6) is -3.10. The highest BCUT2D eigenvalue weighted by Gasteiger charge is 2.30. The van der Waals surface area contributed by atoms with Crippen LogP contribution in [-0.2, 0) is 24.6 Å². The zero-order valence-electron chi connectivity index (χ0n) is 35.5. The minimum Gasteiger partial charge on any atom is -0.481 e. The van der Waals surface area contributed by atoms with Gasteiger partial charge in [-0.2, -0.15) is 12.7 Å². The normalized spacial score (nSPS) is 17.8. The highest BCUT2D eigenvalue weighted by atomic mass is 32.2. The van der Waals surface area contributed by atoms with Gasteiger partial charge in [-0.05, 0) is 85.2 Å². The number of anilines is 2. The monoisotopic (exact) mass is 896 g/mol. The summed E-state index contributed by atoms with van der Waals surface area (Å²) in [6, 6.07) is 19.4. The average molecular weight is 897 g/mol. The van der Waals surface area contributed by atoms with E-state index >= 15 is 8.78 Å². The molecule has 0 spiro atoms. The Kier molecular flexibility index (Phi) is 13.1. The van der Waals surface area contributed by atoms with Crippen LogP contribution in [0, 0.1) is 11.6 Å². The highest BCUT2D eigenvalue weighted by molar-refractivity contribution is 7.90. The third-order valence-corrected chi connectivity index (χ3v) is 14.0. The van der Waals surface area contributed by atoms with Gasteiger partial charge in [0.2, 0.25) is 17.6 Å². The molecule has 0 saturated carbocycles. The molecule has 5 heterocycles. The van der Waals surface area contributed by atoms with Crippen LogP contribution < -0.4 is 25.0 Å². The van der Waals surface area contributed by atoms with Gasteiger partial charge in [0.15, 0.2) is 11.9 Å². The van der Waals surface area contributed by atoms with Crippen LogP contribution in [0.3, 0.4) is 0 Å². The Bertz CT molecular complexity index is 2660. The Morgan fingerprint density at radius 3 is 2.33 bits per heavy atom. The first-order valence-electron chi connectivity index (χ1n) is 21.5. The molecule has 18 heteroatoms. The molecule has 3 fully saturated rings. The SMILES string of the molecule is CCN(C)S(=O)(=O)Nc1ccc(F)c(C(=O)c2c[nH]c3ncc(-c4ccc(N5CCC(NCC(=O)N6CCC(c7ccc(OC8CCC(=O)NC8=O)cc7)CC6)CC5)cc4)cc23)c1F. The van der Waals surface area contributed by atoms with E-state index in [-0.39, 0.29) is 42.9 Å². The number of imide groups is 1. The van der Waals surface area contributed by atoms with Crippen molar-refractivity contribution in [3.05, 3.63) is 107 Å². The second-order valence-electron chi connectivity index (χ2n) is 16.4. The molecule has 3 aromatic carbocycles. The average Bonchev–Trinajstić information content (AvgIpc) is 3.74. The van der Waals surface area contributed by atoms with E-state index in [2.05, 4.69) is 30.2 Å². The first kappa shape index (κ1) is 44.4. The topological polar surface area (TPSA) is 186 Å². The molecule has 0 radical (unpaired) electrons. The second-order valence-corrected chi connectivity index (χ2v) is 18.2. The van der Waals surface area contributed by atoms with Gasteiger partial charge in [0, 0.05) is 93.2 Å². The maximum Gasteiger partial charge on any atom is 0.301 e. The number of amides is 3. The summed E-state index contributed by atoms with van der Waals surface area (Å²) >= 11 is 0. The predicted octanol–water partition coefficient (Wildman–Crippen LogP) is 5.50. The lowest BCUT2D eigenvalue weighted by Gasteiger charge is -2.35. The van der Waals surface area contributed by atoms with Gasteiger partial charge in [0.1, 0.15) is 17.2 Å². The number of carbonyl (C=O) groups is 4. The number of ketones is 1. The zero-order chi connectivity index (χ0) is 45.1. The number of likely N-dealkylation sites (tertiary alicyclic amines) is 1. The van der Waals surface area contributed by atoms with Crippen LogP contribution in [-0.4, -0.2) is 110 Å². The predicted molar refractivity (Wildman–Crippen MR) is 237 cm³/mol. The van der Waals surface area contributed by atoms with Crippen molar-refractivity contribution in [2.75, 3.05) is 55.9 Å². The number of carbonyl (C=O) groups excluding carboxylic acids is 4. The summed E-state index contributed by atoms with van der Waals surface area (Å²) in [5.41, 5.74) is 2.59. The minimum atomic E-state index is -4.14. The second kappa shape index (κ2) is 18.8. The summed E-state index contributed by atoms with van der Waals surface area (Å²) in [5, 5.41) is 6.15. The summed E-state index contributed by atoms with van der Waals surface area (Å²) < 4.78 is 64.6. The number of ether oxygens (including phenoxy) is 1. The Labute approximate surface area is 369 Å². The molecule has 5 aromatic rings. The minimum absolute atomic E-state index is 0.0207. The maximum atomic E-state index is 15.6. The van der Waals surface area contributed by atoms with E-state index in [0.717, 1.165) is 66.5 Å². The van der Waals surface area contributed by atoms with Crippen molar-refractivity contribution in [3.8, 4) is 16.9 Å². The van der Waals surface area contributed by atoms with E-state index in [9.17, 15) is 27.6 Å². The van der Waals surface area contributed by atoms with Gasteiger partial charge in [-0.3, -0.25) is 29.2 Å². The number of benzene rings is 3.